The first-order valence-corrected chi connectivity index (χ1v) is 9.93. The van der Waals surface area contributed by atoms with E-state index in [-0.39, 0.29) is 12.6 Å². The van der Waals surface area contributed by atoms with Gasteiger partial charge in [-0.15, -0.1) is 0 Å². The van der Waals surface area contributed by atoms with Gasteiger partial charge in [-0.2, -0.15) is 11.8 Å². The highest BCUT2D eigenvalue weighted by atomic mass is 32.2. The third-order valence-corrected chi connectivity index (χ3v) is 5.90. The number of nitrogens with one attached hydrogen (secondary N) is 1. The van der Waals surface area contributed by atoms with Crippen molar-refractivity contribution in [1.29, 1.82) is 0 Å². The number of aliphatic hydroxyl groups excluding tert-OH is 1. The van der Waals surface area contributed by atoms with Crippen molar-refractivity contribution in [1.82, 2.24) is 4.90 Å². The number of urea groups is 1. The van der Waals surface area contributed by atoms with Gasteiger partial charge in [0, 0.05) is 55.7 Å². The molecule has 6 heteroatoms. The number of likely N-dealkylation sites (tertiary alicyclic amines) is 1. The van der Waals surface area contributed by atoms with Gasteiger partial charge in [-0.25, -0.2) is 4.79 Å². The Hall–Kier alpha value is -1.40. The first-order valence-electron chi connectivity index (χ1n) is 8.77. The van der Waals surface area contributed by atoms with Crippen LogP contribution in [0.2, 0.25) is 0 Å². The zero-order chi connectivity index (χ0) is 16.9. The van der Waals surface area contributed by atoms with Gasteiger partial charge >= 0.3 is 6.03 Å². The van der Waals surface area contributed by atoms with Crippen LogP contribution in [0.3, 0.4) is 0 Å². The number of benzene rings is 1. The van der Waals surface area contributed by atoms with Gasteiger partial charge in [-0.05, 0) is 49.4 Å². The molecule has 0 aliphatic carbocycles. The Balaban J connectivity index is 1.59. The van der Waals surface area contributed by atoms with Crippen LogP contribution in [-0.2, 0) is 0 Å². The summed E-state index contributed by atoms with van der Waals surface area (Å²) in [5.74, 6) is 2.71. The van der Waals surface area contributed by atoms with E-state index in [1.165, 1.54) is 22.8 Å². The van der Waals surface area contributed by atoms with Gasteiger partial charge in [0.2, 0.25) is 0 Å². The van der Waals surface area contributed by atoms with Crippen LogP contribution in [0.4, 0.5) is 16.2 Å². The second-order valence-electron chi connectivity index (χ2n) is 6.64. The number of nitrogens with zero attached hydrogens (tertiary/aromatic N) is 2. The summed E-state index contributed by atoms with van der Waals surface area (Å²) in [5, 5.41) is 12.2. The highest BCUT2D eigenvalue weighted by Crippen LogP contribution is 2.26. The van der Waals surface area contributed by atoms with E-state index in [0.29, 0.717) is 5.92 Å². The highest BCUT2D eigenvalue weighted by molar-refractivity contribution is 7.99. The van der Waals surface area contributed by atoms with Crippen LogP contribution in [0.25, 0.3) is 0 Å². The molecule has 2 aliphatic rings. The summed E-state index contributed by atoms with van der Waals surface area (Å²) in [6.07, 6.45) is 1.77. The third-order valence-electron chi connectivity index (χ3n) is 4.96. The molecule has 0 atom stereocenters. The van der Waals surface area contributed by atoms with Gasteiger partial charge < -0.3 is 20.2 Å². The summed E-state index contributed by atoms with van der Waals surface area (Å²) < 4.78 is 0. The molecule has 0 unspecified atom stereocenters. The van der Waals surface area contributed by atoms with Gasteiger partial charge in [0.25, 0.3) is 0 Å². The van der Waals surface area contributed by atoms with E-state index < -0.39 is 0 Å². The number of aliphatic hydroxyl groups is 1. The van der Waals surface area contributed by atoms with Crippen molar-refractivity contribution < 1.29 is 9.90 Å². The first kappa shape index (κ1) is 17.4. The van der Waals surface area contributed by atoms with Crippen LogP contribution in [0.15, 0.2) is 18.2 Å². The molecule has 132 valence electrons. The Labute approximate surface area is 148 Å². The van der Waals surface area contributed by atoms with E-state index in [1.54, 1.807) is 0 Å². The highest BCUT2D eigenvalue weighted by Gasteiger charge is 2.22. The average molecular weight is 350 g/mol. The summed E-state index contributed by atoms with van der Waals surface area (Å²) in [4.78, 5) is 16.7. The number of thioether (sulfide) groups is 1. The summed E-state index contributed by atoms with van der Waals surface area (Å²) in [6, 6.07) is 6.16. The molecule has 2 aliphatic heterocycles. The lowest BCUT2D eigenvalue weighted by molar-refractivity contribution is 0.143. The smallest absolute Gasteiger partial charge is 0.321 e. The maximum atomic E-state index is 12.4. The maximum absolute atomic E-state index is 12.4. The number of hydrogen-bond acceptors (Lipinski definition) is 4. The molecule has 24 heavy (non-hydrogen) atoms. The number of hydrogen-bond donors (Lipinski definition) is 2. The van der Waals surface area contributed by atoms with E-state index >= 15 is 0 Å². The lowest BCUT2D eigenvalue weighted by Gasteiger charge is -2.31. The quantitative estimate of drug-likeness (QED) is 0.881. The Kier molecular flexibility index (Phi) is 5.89. The van der Waals surface area contributed by atoms with Crippen molar-refractivity contribution >= 4 is 29.2 Å². The molecule has 3 rings (SSSR count). The summed E-state index contributed by atoms with van der Waals surface area (Å²) in [6.45, 7) is 5.97. The molecule has 2 saturated heterocycles. The van der Waals surface area contributed by atoms with Crippen molar-refractivity contribution in [2.75, 3.05) is 54.5 Å². The molecule has 0 aromatic heterocycles. The monoisotopic (exact) mass is 349 g/mol. The minimum Gasteiger partial charge on any atom is -0.396 e. The molecule has 2 fully saturated rings. The van der Waals surface area contributed by atoms with Gasteiger partial charge in [0.15, 0.2) is 0 Å². The first-order chi connectivity index (χ1) is 11.7. The van der Waals surface area contributed by atoms with Crippen LogP contribution in [-0.4, -0.2) is 60.3 Å². The number of piperidine rings is 1. The molecule has 0 saturated carbocycles. The largest absolute Gasteiger partial charge is 0.396 e. The Morgan fingerprint density at radius 2 is 1.96 bits per heavy atom. The predicted octanol–water partition coefficient (Wildman–Crippen LogP) is 2.78. The molecule has 2 heterocycles. The minimum atomic E-state index is -0.0343. The molecular weight excluding hydrogens is 322 g/mol. The number of carbonyl (C=O) groups is 1. The van der Waals surface area contributed by atoms with Gasteiger partial charge in [0.1, 0.15) is 0 Å². The van der Waals surface area contributed by atoms with E-state index in [4.69, 9.17) is 0 Å². The van der Waals surface area contributed by atoms with Crippen molar-refractivity contribution in [3.05, 3.63) is 23.8 Å². The second kappa shape index (κ2) is 8.12. The fraction of sp³-hybridized carbons (Fsp3) is 0.611. The SMILES string of the molecule is Cc1cc(NC(=O)N2CCC(CO)CC2)ccc1N1CCSCC1. The fourth-order valence-electron chi connectivity index (χ4n) is 3.41. The molecule has 1 aromatic carbocycles. The van der Waals surface area contributed by atoms with E-state index in [9.17, 15) is 9.90 Å². The topological polar surface area (TPSA) is 55.8 Å². The molecule has 5 nitrogen and oxygen atoms in total. The summed E-state index contributed by atoms with van der Waals surface area (Å²) in [5.41, 5.74) is 3.34. The van der Waals surface area contributed by atoms with E-state index in [0.717, 1.165) is 44.7 Å². The number of aryl methyl sites for hydroxylation is 1. The normalized spacial score (nSPS) is 19.4. The second-order valence-corrected chi connectivity index (χ2v) is 7.87. The van der Waals surface area contributed by atoms with Crippen LogP contribution in [0, 0.1) is 12.8 Å². The standard InChI is InChI=1S/C18H27N3O2S/c1-14-12-16(2-3-17(14)20-8-10-24-11-9-20)19-18(23)21-6-4-15(13-22)5-7-21/h2-3,12,15,22H,4-11,13H2,1H3,(H,19,23). The van der Waals surface area contributed by atoms with Gasteiger partial charge in [-0.1, -0.05) is 0 Å². The Morgan fingerprint density at radius 3 is 2.58 bits per heavy atom. The molecule has 2 amide bonds. The zero-order valence-electron chi connectivity index (χ0n) is 14.3. The maximum Gasteiger partial charge on any atom is 0.321 e. The van der Waals surface area contributed by atoms with Crippen LogP contribution < -0.4 is 10.2 Å². The zero-order valence-corrected chi connectivity index (χ0v) is 15.1. The number of carbonyl (C=O) groups excluding carboxylic acids is 1. The molecule has 1 aromatic rings. The van der Waals surface area contributed by atoms with Crippen molar-refractivity contribution in [2.45, 2.75) is 19.8 Å². The van der Waals surface area contributed by atoms with Crippen LogP contribution >= 0.6 is 11.8 Å². The Morgan fingerprint density at radius 1 is 1.25 bits per heavy atom. The Bertz CT molecular complexity index is 567. The third kappa shape index (κ3) is 4.16. The average Bonchev–Trinajstić information content (AvgIpc) is 2.62. The van der Waals surface area contributed by atoms with Gasteiger partial charge in [0.05, 0.1) is 0 Å². The molecule has 0 spiro atoms. The fourth-order valence-corrected chi connectivity index (χ4v) is 4.32. The number of amides is 2. The lowest BCUT2D eigenvalue weighted by Crippen LogP contribution is -2.41. The van der Waals surface area contributed by atoms with Crippen molar-refractivity contribution in [3.8, 4) is 0 Å². The predicted molar refractivity (Wildman–Crippen MR) is 101 cm³/mol. The molecular formula is C18H27N3O2S. The summed E-state index contributed by atoms with van der Waals surface area (Å²) >= 11 is 2.01. The van der Waals surface area contributed by atoms with Crippen LogP contribution in [0.5, 0.6) is 0 Å². The van der Waals surface area contributed by atoms with Gasteiger partial charge in [-0.3, -0.25) is 0 Å². The van der Waals surface area contributed by atoms with Crippen LogP contribution in [0.1, 0.15) is 18.4 Å². The molecule has 0 bridgehead atoms. The number of anilines is 2. The molecule has 2 N–H and O–H groups in total. The van der Waals surface area contributed by atoms with E-state index in [2.05, 4.69) is 29.3 Å². The lowest BCUT2D eigenvalue weighted by atomic mass is 9.98. The van der Waals surface area contributed by atoms with Crippen molar-refractivity contribution in [3.63, 3.8) is 0 Å². The molecule has 0 radical (unpaired) electrons. The summed E-state index contributed by atoms with van der Waals surface area (Å²) in [7, 11) is 0. The number of rotatable bonds is 3. The van der Waals surface area contributed by atoms with E-state index in [1.807, 2.05) is 22.7 Å². The van der Waals surface area contributed by atoms with Crippen molar-refractivity contribution in [2.24, 2.45) is 5.92 Å². The minimum absolute atomic E-state index is 0.0343.